The zero-order valence-corrected chi connectivity index (χ0v) is 24.7. The molecule has 0 fully saturated rings. The van der Waals surface area contributed by atoms with Crippen molar-refractivity contribution in [1.82, 2.24) is 0 Å². The lowest BCUT2D eigenvalue weighted by Crippen LogP contribution is -2.20. The van der Waals surface area contributed by atoms with Gasteiger partial charge in [-0.05, 0) is 122 Å². The number of allylic oxidation sites excluding steroid dienone is 7. The summed E-state index contributed by atoms with van der Waals surface area (Å²) in [6, 6.07) is 12.6. The molecule has 0 saturated carbocycles. The largest absolute Gasteiger partial charge is 0.289 e. The van der Waals surface area contributed by atoms with Crippen LogP contribution in [0.15, 0.2) is 96.3 Å². The third-order valence-electron chi connectivity index (χ3n) is 7.67. The average Bonchev–Trinajstić information content (AvgIpc) is 2.97. The number of carbonyl (C=O) groups is 1. The lowest BCUT2D eigenvalue weighted by Gasteiger charge is -2.25. The summed E-state index contributed by atoms with van der Waals surface area (Å²) in [5.41, 5.74) is 10.1. The van der Waals surface area contributed by atoms with Crippen molar-refractivity contribution in [3.63, 3.8) is 0 Å². The third kappa shape index (κ3) is 7.83. The van der Waals surface area contributed by atoms with Crippen LogP contribution in [0.25, 0.3) is 5.57 Å². The highest BCUT2D eigenvalue weighted by atomic mass is 19.1. The number of hydrogen-bond acceptors (Lipinski definition) is 2. The minimum absolute atomic E-state index is 0.142. The van der Waals surface area contributed by atoms with E-state index in [-0.39, 0.29) is 25.0 Å². The molecule has 3 rings (SSSR count). The number of halogens is 1. The van der Waals surface area contributed by atoms with Crippen LogP contribution in [0.5, 0.6) is 0 Å². The van der Waals surface area contributed by atoms with Crippen LogP contribution in [0.2, 0.25) is 0 Å². The summed E-state index contributed by atoms with van der Waals surface area (Å²) in [4.78, 5) is 13.6. The number of alkyl halides is 1. The molecular weight excluding hydrogens is 505 g/mol. The van der Waals surface area contributed by atoms with Gasteiger partial charge in [0.25, 0.3) is 0 Å². The number of nitriles is 1. The minimum atomic E-state index is -1.60. The van der Waals surface area contributed by atoms with Crippen molar-refractivity contribution in [2.24, 2.45) is 0 Å². The fraction of sp³-hybridized carbons (Fsp3) is 0.289. The first-order valence-corrected chi connectivity index (χ1v) is 14.1. The molecule has 2 aromatic rings. The molecule has 0 saturated heterocycles. The van der Waals surface area contributed by atoms with Gasteiger partial charge in [0.2, 0.25) is 0 Å². The third-order valence-corrected chi connectivity index (χ3v) is 7.67. The van der Waals surface area contributed by atoms with Gasteiger partial charge in [0.05, 0.1) is 11.6 Å². The summed E-state index contributed by atoms with van der Waals surface area (Å²) in [6.07, 6.45) is 10.8. The lowest BCUT2D eigenvalue weighted by molar-refractivity contribution is 0.102. The topological polar surface area (TPSA) is 40.9 Å². The normalized spacial score (nSPS) is 15.9. The molecule has 0 radical (unpaired) electrons. The molecule has 1 aliphatic carbocycles. The van der Waals surface area contributed by atoms with Gasteiger partial charge in [-0.15, -0.1) is 5.73 Å². The Morgan fingerprint density at radius 1 is 1.15 bits per heavy atom. The number of ketones is 1. The quantitative estimate of drug-likeness (QED) is 0.129. The van der Waals surface area contributed by atoms with Crippen LogP contribution >= 0.6 is 0 Å². The molecular formula is C38H38FNO. The molecule has 1 aliphatic rings. The number of carbonyl (C=O) groups excluding carboxylic acids is 1. The molecule has 0 aromatic heterocycles. The first-order chi connectivity index (χ1) is 19.6. The number of nitrogens with zero attached hydrogens (tertiary/aromatic N) is 1. The van der Waals surface area contributed by atoms with E-state index < -0.39 is 5.67 Å². The monoisotopic (exact) mass is 543 g/mol. The Kier molecular flexibility index (Phi) is 10.8. The number of benzene rings is 2. The van der Waals surface area contributed by atoms with Crippen molar-refractivity contribution < 1.29 is 9.18 Å². The lowest BCUT2D eigenvalue weighted by atomic mass is 9.84. The molecule has 0 spiro atoms. The van der Waals surface area contributed by atoms with Crippen LogP contribution in [-0.4, -0.2) is 5.78 Å². The molecule has 0 bridgehead atoms. The molecule has 1 unspecified atom stereocenters. The van der Waals surface area contributed by atoms with E-state index in [4.69, 9.17) is 5.26 Å². The Morgan fingerprint density at radius 2 is 1.88 bits per heavy atom. The van der Waals surface area contributed by atoms with Crippen molar-refractivity contribution in [3.05, 3.63) is 130 Å². The molecule has 1 atom stereocenters. The van der Waals surface area contributed by atoms with E-state index in [1.165, 1.54) is 5.57 Å². The van der Waals surface area contributed by atoms with Gasteiger partial charge in [-0.2, -0.15) is 5.26 Å². The summed E-state index contributed by atoms with van der Waals surface area (Å²) in [5, 5.41) is 9.06. The van der Waals surface area contributed by atoms with Gasteiger partial charge in [0.1, 0.15) is 5.67 Å². The van der Waals surface area contributed by atoms with Gasteiger partial charge in [0, 0.05) is 12.0 Å². The van der Waals surface area contributed by atoms with E-state index in [9.17, 15) is 4.79 Å². The average molecular weight is 544 g/mol. The summed E-state index contributed by atoms with van der Waals surface area (Å²) >= 11 is 0. The second kappa shape index (κ2) is 14.3. The van der Waals surface area contributed by atoms with Crippen LogP contribution in [0.3, 0.4) is 0 Å². The molecule has 41 heavy (non-hydrogen) atoms. The molecule has 2 aromatic carbocycles. The van der Waals surface area contributed by atoms with Gasteiger partial charge in [0.15, 0.2) is 5.78 Å². The molecule has 0 heterocycles. The number of aryl methyl sites for hydroxylation is 2. The Morgan fingerprint density at radius 3 is 2.54 bits per heavy atom. The van der Waals surface area contributed by atoms with E-state index in [0.717, 1.165) is 47.1 Å². The fourth-order valence-corrected chi connectivity index (χ4v) is 5.04. The molecule has 2 nitrogen and oxygen atoms in total. The first-order valence-electron chi connectivity index (χ1n) is 14.1. The number of Topliss-reactive ketones (excluding diaryl/α,β-unsaturated/α-hetero) is 1. The smallest absolute Gasteiger partial charge is 0.188 e. The summed E-state index contributed by atoms with van der Waals surface area (Å²) in [5.74, 6) is 5.81. The number of rotatable bonds is 10. The van der Waals surface area contributed by atoms with Crippen molar-refractivity contribution in [1.29, 1.82) is 5.26 Å². The highest BCUT2D eigenvalue weighted by Gasteiger charge is 2.30. The van der Waals surface area contributed by atoms with Crippen LogP contribution in [0, 0.1) is 37.0 Å². The maximum absolute atomic E-state index is 15.9. The van der Waals surface area contributed by atoms with Crippen molar-refractivity contribution in [3.8, 4) is 17.9 Å². The minimum Gasteiger partial charge on any atom is -0.289 e. The molecule has 0 amide bonds. The van der Waals surface area contributed by atoms with Crippen molar-refractivity contribution >= 4 is 11.4 Å². The predicted molar refractivity (Wildman–Crippen MR) is 168 cm³/mol. The van der Waals surface area contributed by atoms with Gasteiger partial charge in [-0.1, -0.05) is 67.8 Å². The van der Waals surface area contributed by atoms with Gasteiger partial charge in [-0.25, -0.2) is 4.39 Å². The second-order valence-corrected chi connectivity index (χ2v) is 10.6. The summed E-state index contributed by atoms with van der Waals surface area (Å²) in [6.45, 7) is 15.6. The first kappa shape index (κ1) is 31.1. The van der Waals surface area contributed by atoms with Crippen LogP contribution in [0.4, 0.5) is 4.39 Å². The van der Waals surface area contributed by atoms with E-state index in [0.29, 0.717) is 22.3 Å². The Hall–Kier alpha value is -4.43. The highest BCUT2D eigenvalue weighted by Crippen LogP contribution is 2.37. The molecule has 0 N–H and O–H groups in total. The standard InChI is InChI=1S/C38H38FNO/c1-7-9-10-11-14-31-15-12-13-27(3)34(21-18-31)35-25-36(30(6)24-29(35)5)37(41)28(4)22-23-38(39,8-2)33-19-16-32(26-40)17-20-33/h7,12,16-21,24-25H,1,4,8,11,13-14,22-23H2,2-3,5-6H3/b21-18?,34-27+. The Bertz CT molecular complexity index is 1570. The van der Waals surface area contributed by atoms with Gasteiger partial charge >= 0.3 is 0 Å². The van der Waals surface area contributed by atoms with Crippen LogP contribution < -0.4 is 0 Å². The Balaban J connectivity index is 1.84. The van der Waals surface area contributed by atoms with Crippen LogP contribution in [-0.2, 0) is 5.67 Å². The number of hydrogen-bond donors (Lipinski definition) is 0. The fourth-order valence-electron chi connectivity index (χ4n) is 5.04. The maximum atomic E-state index is 15.9. The van der Waals surface area contributed by atoms with Gasteiger partial charge in [-0.3, -0.25) is 4.79 Å². The molecule has 208 valence electrons. The highest BCUT2D eigenvalue weighted by molar-refractivity contribution is 6.09. The van der Waals surface area contributed by atoms with Crippen molar-refractivity contribution in [2.75, 3.05) is 0 Å². The predicted octanol–water partition coefficient (Wildman–Crippen LogP) is 9.75. The summed E-state index contributed by atoms with van der Waals surface area (Å²) < 4.78 is 15.9. The van der Waals surface area contributed by atoms with E-state index in [1.54, 1.807) is 37.3 Å². The zero-order chi connectivity index (χ0) is 30.0. The van der Waals surface area contributed by atoms with E-state index in [1.807, 2.05) is 19.1 Å². The van der Waals surface area contributed by atoms with Crippen LogP contribution in [0.1, 0.15) is 90.5 Å². The molecule has 0 aliphatic heterocycles. The zero-order valence-electron chi connectivity index (χ0n) is 24.7. The Labute approximate surface area is 245 Å². The molecule has 3 heteroatoms. The SMILES string of the molecule is C=CC#CCCC1=C=CC/C(C)=C(/c2cc(C(=O)C(=C)CCC(F)(CC)c3ccc(C#N)cc3)c(C)cc2C)C=C1. The van der Waals surface area contributed by atoms with Crippen molar-refractivity contribution in [2.45, 2.75) is 71.9 Å². The maximum Gasteiger partial charge on any atom is 0.188 e. The van der Waals surface area contributed by atoms with E-state index >= 15 is 4.39 Å². The van der Waals surface area contributed by atoms with E-state index in [2.05, 4.69) is 68.9 Å². The summed E-state index contributed by atoms with van der Waals surface area (Å²) in [7, 11) is 0. The second-order valence-electron chi connectivity index (χ2n) is 10.6. The van der Waals surface area contributed by atoms with Gasteiger partial charge < -0.3 is 0 Å².